The Labute approximate surface area is 165 Å². The number of nitrogens with one attached hydrogen (secondary N) is 1. The van der Waals surface area contributed by atoms with E-state index in [-0.39, 0.29) is 12.1 Å². The topological polar surface area (TPSA) is 82.6 Å². The minimum Gasteiger partial charge on any atom is -0.481 e. The van der Waals surface area contributed by atoms with Gasteiger partial charge in [-0.2, -0.15) is 0 Å². The molecule has 1 N–H and O–H groups in total. The first-order valence-electron chi connectivity index (χ1n) is 9.43. The summed E-state index contributed by atoms with van der Waals surface area (Å²) in [6, 6.07) is 5.57. The fraction of sp³-hybridized carbons (Fsp3) is 0.476. The Balaban J connectivity index is 1.58. The number of methoxy groups -OCH3 is 1. The number of rotatable bonds is 4. The molecule has 0 aromatic carbocycles. The van der Waals surface area contributed by atoms with Crippen LogP contribution in [0, 0.1) is 0 Å². The zero-order valence-corrected chi connectivity index (χ0v) is 16.8. The quantitative estimate of drug-likeness (QED) is 0.864. The van der Waals surface area contributed by atoms with Crippen molar-refractivity contribution in [1.29, 1.82) is 0 Å². The largest absolute Gasteiger partial charge is 0.481 e. The van der Waals surface area contributed by atoms with Gasteiger partial charge in [-0.25, -0.2) is 9.78 Å². The number of alkyl carbamates (subject to hydrolysis) is 1. The number of amides is 1. The molecule has 3 heterocycles. The van der Waals surface area contributed by atoms with Crippen LogP contribution in [-0.4, -0.2) is 47.5 Å². The molecule has 1 fully saturated rings. The highest BCUT2D eigenvalue weighted by atomic mass is 16.6. The van der Waals surface area contributed by atoms with Crippen molar-refractivity contribution in [2.24, 2.45) is 0 Å². The lowest BCUT2D eigenvalue weighted by Crippen LogP contribution is -2.44. The van der Waals surface area contributed by atoms with Crippen molar-refractivity contribution in [2.75, 3.05) is 13.7 Å². The van der Waals surface area contributed by atoms with Crippen molar-refractivity contribution < 1.29 is 19.0 Å². The number of carbonyl (C=O) groups excluding carboxylic acids is 1. The van der Waals surface area contributed by atoms with E-state index < -0.39 is 11.7 Å². The normalized spacial score (nSPS) is 20.3. The molecule has 3 rings (SSSR count). The molecule has 0 saturated carbocycles. The van der Waals surface area contributed by atoms with Crippen molar-refractivity contribution in [3.8, 4) is 5.88 Å². The fourth-order valence-electron chi connectivity index (χ4n) is 3.00. The molecule has 150 valence electrons. The molecule has 1 saturated heterocycles. The van der Waals surface area contributed by atoms with Crippen LogP contribution in [0.5, 0.6) is 5.88 Å². The van der Waals surface area contributed by atoms with Crippen molar-refractivity contribution in [3.05, 3.63) is 36.0 Å². The first-order chi connectivity index (χ1) is 13.3. The molecule has 7 heteroatoms. The Morgan fingerprint density at radius 2 is 2.11 bits per heavy atom. The summed E-state index contributed by atoms with van der Waals surface area (Å²) in [4.78, 5) is 20.7. The average Bonchev–Trinajstić information content (AvgIpc) is 2.65. The van der Waals surface area contributed by atoms with Crippen LogP contribution in [0.3, 0.4) is 0 Å². The lowest BCUT2D eigenvalue weighted by Gasteiger charge is -2.29. The summed E-state index contributed by atoms with van der Waals surface area (Å²) < 4.78 is 16.4. The van der Waals surface area contributed by atoms with Crippen LogP contribution in [-0.2, 0) is 9.47 Å². The highest BCUT2D eigenvalue weighted by molar-refractivity contribution is 5.84. The Morgan fingerprint density at radius 1 is 1.29 bits per heavy atom. The number of hydrogen-bond donors (Lipinski definition) is 1. The first kappa shape index (κ1) is 20.1. The molecular weight excluding hydrogens is 358 g/mol. The van der Waals surface area contributed by atoms with Crippen LogP contribution in [0.2, 0.25) is 0 Å². The summed E-state index contributed by atoms with van der Waals surface area (Å²) in [5, 5.41) is 2.86. The predicted molar refractivity (Wildman–Crippen MR) is 107 cm³/mol. The molecule has 0 unspecified atom stereocenters. The third-order valence-electron chi connectivity index (χ3n) is 4.32. The number of ether oxygens (including phenoxy) is 3. The first-order valence-corrected chi connectivity index (χ1v) is 9.43. The standard InChI is InChI=1S/C21H27N3O4/c1-21(2,3)28-20(25)23-15-6-8-16(27-13-15)7-5-14-11-12-22-17-9-10-18(26-4)24-19(14)17/h5,7,9-12,15-16H,6,8,13H2,1-4H3,(H,23,25)/b7-5+/t15-,16-/m1/s1. The van der Waals surface area contributed by atoms with Gasteiger partial charge in [0, 0.05) is 17.8 Å². The predicted octanol–water partition coefficient (Wildman–Crippen LogP) is 3.72. The molecule has 1 aliphatic heterocycles. The number of aromatic nitrogens is 2. The number of fused-ring (bicyclic) bond motifs is 1. The Hall–Kier alpha value is -2.67. The summed E-state index contributed by atoms with van der Waals surface area (Å²) in [7, 11) is 1.59. The zero-order valence-electron chi connectivity index (χ0n) is 16.8. The average molecular weight is 385 g/mol. The summed E-state index contributed by atoms with van der Waals surface area (Å²) >= 11 is 0. The lowest BCUT2D eigenvalue weighted by atomic mass is 10.0. The molecule has 0 spiro atoms. The van der Waals surface area contributed by atoms with Crippen LogP contribution in [0.1, 0.15) is 39.2 Å². The maximum atomic E-state index is 11.9. The van der Waals surface area contributed by atoms with Gasteiger partial charge in [-0.15, -0.1) is 0 Å². The minimum absolute atomic E-state index is 0.00879. The molecular formula is C21H27N3O4. The Kier molecular flexibility index (Phi) is 6.14. The van der Waals surface area contributed by atoms with Crippen molar-refractivity contribution in [3.63, 3.8) is 0 Å². The van der Waals surface area contributed by atoms with Crippen molar-refractivity contribution in [2.45, 2.75) is 51.4 Å². The molecule has 1 amide bonds. The van der Waals surface area contributed by atoms with Gasteiger partial charge in [-0.3, -0.25) is 4.98 Å². The van der Waals surface area contributed by atoms with E-state index in [0.717, 1.165) is 29.4 Å². The minimum atomic E-state index is -0.505. The van der Waals surface area contributed by atoms with E-state index >= 15 is 0 Å². The van der Waals surface area contributed by atoms with Crippen LogP contribution in [0.25, 0.3) is 17.1 Å². The Morgan fingerprint density at radius 3 is 2.79 bits per heavy atom. The van der Waals surface area contributed by atoms with Gasteiger partial charge in [0.1, 0.15) is 5.60 Å². The molecule has 1 aliphatic rings. The van der Waals surface area contributed by atoms with Crippen molar-refractivity contribution in [1.82, 2.24) is 15.3 Å². The lowest BCUT2D eigenvalue weighted by molar-refractivity contribution is 0.0136. The molecule has 7 nitrogen and oxygen atoms in total. The highest BCUT2D eigenvalue weighted by Crippen LogP contribution is 2.21. The fourth-order valence-corrected chi connectivity index (χ4v) is 3.00. The van der Waals surface area contributed by atoms with Gasteiger partial charge < -0.3 is 19.5 Å². The smallest absolute Gasteiger partial charge is 0.407 e. The maximum Gasteiger partial charge on any atom is 0.407 e. The van der Waals surface area contributed by atoms with Gasteiger partial charge in [-0.1, -0.05) is 12.2 Å². The molecule has 2 aromatic rings. The SMILES string of the molecule is COc1ccc2nccc(/C=C/[C@@H]3CC[C@@H](NC(=O)OC(C)(C)C)CO3)c2n1. The summed E-state index contributed by atoms with van der Waals surface area (Å²) in [5.74, 6) is 0.556. The zero-order chi connectivity index (χ0) is 20.1. The molecule has 2 atom stereocenters. The van der Waals surface area contributed by atoms with E-state index in [0.29, 0.717) is 12.5 Å². The molecule has 0 radical (unpaired) electrons. The van der Waals surface area contributed by atoms with E-state index in [1.54, 1.807) is 19.4 Å². The Bertz CT molecular complexity index is 852. The summed E-state index contributed by atoms with van der Waals surface area (Å²) in [6.07, 6.45) is 7.03. The molecule has 28 heavy (non-hydrogen) atoms. The van der Waals surface area contributed by atoms with Crippen LogP contribution in [0.15, 0.2) is 30.5 Å². The number of pyridine rings is 2. The third-order valence-corrected chi connectivity index (χ3v) is 4.32. The van der Waals surface area contributed by atoms with Gasteiger partial charge in [0.2, 0.25) is 5.88 Å². The molecule has 0 bridgehead atoms. The van der Waals surface area contributed by atoms with E-state index in [1.807, 2.05) is 45.1 Å². The maximum absolute atomic E-state index is 11.9. The second kappa shape index (κ2) is 8.56. The van der Waals surface area contributed by atoms with Gasteiger partial charge in [-0.05, 0) is 45.7 Å². The van der Waals surface area contributed by atoms with Gasteiger partial charge in [0.05, 0.1) is 36.9 Å². The third kappa shape index (κ3) is 5.42. The van der Waals surface area contributed by atoms with E-state index in [2.05, 4.69) is 15.3 Å². The van der Waals surface area contributed by atoms with E-state index in [1.165, 1.54) is 0 Å². The van der Waals surface area contributed by atoms with Crippen LogP contribution in [0.4, 0.5) is 4.79 Å². The molecule has 0 aliphatic carbocycles. The second-order valence-electron chi connectivity index (χ2n) is 7.77. The van der Waals surface area contributed by atoms with E-state index in [9.17, 15) is 4.79 Å². The highest BCUT2D eigenvalue weighted by Gasteiger charge is 2.24. The number of nitrogens with zero attached hydrogens (tertiary/aromatic N) is 2. The van der Waals surface area contributed by atoms with E-state index in [4.69, 9.17) is 14.2 Å². The van der Waals surface area contributed by atoms with Gasteiger partial charge in [0.25, 0.3) is 0 Å². The van der Waals surface area contributed by atoms with Gasteiger partial charge in [0.15, 0.2) is 0 Å². The van der Waals surface area contributed by atoms with Crippen molar-refractivity contribution >= 4 is 23.2 Å². The molecule has 2 aromatic heterocycles. The van der Waals surface area contributed by atoms with Crippen LogP contribution < -0.4 is 10.1 Å². The summed E-state index contributed by atoms with van der Waals surface area (Å²) in [6.45, 7) is 5.99. The number of carbonyl (C=O) groups is 1. The summed E-state index contributed by atoms with van der Waals surface area (Å²) in [5.41, 5.74) is 2.06. The number of hydrogen-bond acceptors (Lipinski definition) is 6. The van der Waals surface area contributed by atoms with Crippen LogP contribution >= 0.6 is 0 Å². The van der Waals surface area contributed by atoms with Gasteiger partial charge >= 0.3 is 6.09 Å². The monoisotopic (exact) mass is 385 g/mol. The second-order valence-corrected chi connectivity index (χ2v) is 7.77.